The Kier molecular flexibility index (Phi) is 3.80. The second-order valence-corrected chi connectivity index (χ2v) is 5.28. The first-order chi connectivity index (χ1) is 11.0. The maximum atomic E-state index is 10.8. The Morgan fingerprint density at radius 2 is 1.87 bits per heavy atom. The number of non-ortho nitro benzene ring substituents is 1. The fraction of sp³-hybridized carbons (Fsp3) is 0.118. The average molecular weight is 309 g/mol. The number of nitrogens with zero attached hydrogens (tertiary/aromatic N) is 3. The topological polar surface area (TPSA) is 72.4 Å². The van der Waals surface area contributed by atoms with Gasteiger partial charge >= 0.3 is 0 Å². The fourth-order valence-corrected chi connectivity index (χ4v) is 2.17. The minimum atomic E-state index is -0.448. The summed E-state index contributed by atoms with van der Waals surface area (Å²) in [6, 6.07) is 12.4. The molecule has 1 heterocycles. The number of oxazole rings is 1. The number of hydrogen-bond donors (Lipinski definition) is 0. The van der Waals surface area contributed by atoms with Crippen molar-refractivity contribution in [2.45, 2.75) is 0 Å². The number of nitro benzene ring substituents is 1. The zero-order valence-corrected chi connectivity index (χ0v) is 12.8. The second-order valence-electron chi connectivity index (χ2n) is 5.28. The molecule has 6 heteroatoms. The van der Waals surface area contributed by atoms with Crippen LogP contribution in [0.2, 0.25) is 0 Å². The van der Waals surface area contributed by atoms with Crippen LogP contribution in [-0.4, -0.2) is 24.0 Å². The van der Waals surface area contributed by atoms with Gasteiger partial charge in [0.2, 0.25) is 5.89 Å². The van der Waals surface area contributed by atoms with Gasteiger partial charge in [-0.2, -0.15) is 0 Å². The molecule has 0 aliphatic carbocycles. The molecule has 0 amide bonds. The normalized spacial score (nSPS) is 11.2. The average Bonchev–Trinajstić information content (AvgIpc) is 2.95. The largest absolute Gasteiger partial charge is 0.437 e. The van der Waals surface area contributed by atoms with Crippen molar-refractivity contribution in [3.8, 4) is 0 Å². The molecular formula is C17H15N3O3. The molecule has 0 saturated carbocycles. The number of anilines is 1. The molecule has 3 rings (SSSR count). The Morgan fingerprint density at radius 3 is 2.52 bits per heavy atom. The van der Waals surface area contributed by atoms with Crippen LogP contribution >= 0.6 is 0 Å². The summed E-state index contributed by atoms with van der Waals surface area (Å²) in [5, 5.41) is 10.8. The first-order valence-corrected chi connectivity index (χ1v) is 7.03. The Bertz CT molecular complexity index is 880. The van der Waals surface area contributed by atoms with Crippen LogP contribution in [-0.2, 0) is 0 Å². The minimum absolute atomic E-state index is 0.000559. The van der Waals surface area contributed by atoms with Crippen molar-refractivity contribution in [2.75, 3.05) is 19.0 Å². The SMILES string of the molecule is CN(C)c1ccc(C=Cc2nc3cc([N+](=O)[O-])ccc3o2)cc1. The third-order valence-electron chi connectivity index (χ3n) is 3.43. The molecule has 0 aliphatic heterocycles. The van der Waals surface area contributed by atoms with Gasteiger partial charge in [-0.25, -0.2) is 4.98 Å². The van der Waals surface area contributed by atoms with Gasteiger partial charge in [-0.15, -0.1) is 0 Å². The zero-order chi connectivity index (χ0) is 16.4. The first-order valence-electron chi connectivity index (χ1n) is 7.03. The highest BCUT2D eigenvalue weighted by molar-refractivity contribution is 5.78. The van der Waals surface area contributed by atoms with E-state index in [-0.39, 0.29) is 5.69 Å². The number of fused-ring (bicyclic) bond motifs is 1. The quantitative estimate of drug-likeness (QED) is 0.538. The van der Waals surface area contributed by atoms with Crippen molar-refractivity contribution in [3.05, 3.63) is 64.0 Å². The van der Waals surface area contributed by atoms with E-state index in [0.29, 0.717) is 17.0 Å². The van der Waals surface area contributed by atoms with E-state index in [1.165, 1.54) is 12.1 Å². The van der Waals surface area contributed by atoms with Crippen molar-refractivity contribution in [3.63, 3.8) is 0 Å². The van der Waals surface area contributed by atoms with Crippen LogP contribution in [0.1, 0.15) is 11.5 Å². The zero-order valence-electron chi connectivity index (χ0n) is 12.8. The van der Waals surface area contributed by atoms with Gasteiger partial charge in [-0.05, 0) is 29.8 Å². The van der Waals surface area contributed by atoms with E-state index in [1.807, 2.05) is 49.3 Å². The van der Waals surface area contributed by atoms with Crippen LogP contribution in [0.4, 0.5) is 11.4 Å². The summed E-state index contributed by atoms with van der Waals surface area (Å²) in [7, 11) is 3.98. The third-order valence-corrected chi connectivity index (χ3v) is 3.43. The van der Waals surface area contributed by atoms with Gasteiger partial charge in [0.1, 0.15) is 5.52 Å². The molecule has 0 aliphatic rings. The van der Waals surface area contributed by atoms with Crippen LogP contribution in [0.25, 0.3) is 23.3 Å². The molecule has 0 radical (unpaired) electrons. The van der Waals surface area contributed by atoms with E-state index < -0.39 is 4.92 Å². The minimum Gasteiger partial charge on any atom is -0.437 e. The number of hydrogen-bond acceptors (Lipinski definition) is 5. The molecule has 0 N–H and O–H groups in total. The molecule has 0 unspecified atom stereocenters. The number of aromatic nitrogens is 1. The molecule has 0 fully saturated rings. The summed E-state index contributed by atoms with van der Waals surface area (Å²) >= 11 is 0. The smallest absolute Gasteiger partial charge is 0.271 e. The van der Waals surface area contributed by atoms with E-state index in [0.717, 1.165) is 11.3 Å². The Morgan fingerprint density at radius 1 is 1.13 bits per heavy atom. The predicted molar refractivity (Wildman–Crippen MR) is 90.4 cm³/mol. The fourth-order valence-electron chi connectivity index (χ4n) is 2.17. The first kappa shape index (κ1) is 14.8. The van der Waals surface area contributed by atoms with E-state index in [1.54, 1.807) is 12.1 Å². The van der Waals surface area contributed by atoms with Gasteiger partial charge in [-0.1, -0.05) is 12.1 Å². The van der Waals surface area contributed by atoms with Crippen LogP contribution in [0.5, 0.6) is 0 Å². The van der Waals surface area contributed by atoms with Gasteiger partial charge in [0, 0.05) is 38.0 Å². The highest BCUT2D eigenvalue weighted by atomic mass is 16.6. The van der Waals surface area contributed by atoms with Crippen molar-refractivity contribution in [2.24, 2.45) is 0 Å². The number of nitro groups is 1. The monoisotopic (exact) mass is 309 g/mol. The molecule has 6 nitrogen and oxygen atoms in total. The summed E-state index contributed by atoms with van der Waals surface area (Å²) in [5.41, 5.74) is 3.14. The molecule has 1 aromatic heterocycles. The summed E-state index contributed by atoms with van der Waals surface area (Å²) in [6.07, 6.45) is 3.63. The molecule has 0 bridgehead atoms. The van der Waals surface area contributed by atoms with E-state index in [4.69, 9.17) is 4.42 Å². The molecule has 0 saturated heterocycles. The van der Waals surface area contributed by atoms with E-state index >= 15 is 0 Å². The standard InChI is InChI=1S/C17H15N3O3/c1-19(2)13-6-3-12(4-7-13)5-10-17-18-15-11-14(20(21)22)8-9-16(15)23-17/h3-11H,1-2H3. The molecule has 116 valence electrons. The van der Waals surface area contributed by atoms with Crippen LogP contribution in [0.3, 0.4) is 0 Å². The Hall–Kier alpha value is -3.15. The highest BCUT2D eigenvalue weighted by Crippen LogP contribution is 2.22. The van der Waals surface area contributed by atoms with Crippen molar-refractivity contribution in [1.82, 2.24) is 4.98 Å². The second kappa shape index (κ2) is 5.92. The lowest BCUT2D eigenvalue weighted by atomic mass is 10.2. The van der Waals surface area contributed by atoms with Crippen molar-refractivity contribution >= 4 is 34.6 Å². The van der Waals surface area contributed by atoms with Gasteiger partial charge in [0.25, 0.3) is 5.69 Å². The van der Waals surface area contributed by atoms with Crippen molar-refractivity contribution in [1.29, 1.82) is 0 Å². The third kappa shape index (κ3) is 3.21. The highest BCUT2D eigenvalue weighted by Gasteiger charge is 2.10. The molecular weight excluding hydrogens is 294 g/mol. The number of benzene rings is 2. The lowest BCUT2D eigenvalue weighted by molar-refractivity contribution is -0.384. The Balaban J connectivity index is 1.84. The maximum Gasteiger partial charge on any atom is 0.271 e. The Labute approximate surface area is 132 Å². The summed E-state index contributed by atoms with van der Waals surface area (Å²) in [5.74, 6) is 0.414. The van der Waals surface area contributed by atoms with Gasteiger partial charge < -0.3 is 9.32 Å². The van der Waals surface area contributed by atoms with Crippen LogP contribution < -0.4 is 4.90 Å². The summed E-state index contributed by atoms with van der Waals surface area (Å²) in [4.78, 5) is 16.6. The lowest BCUT2D eigenvalue weighted by Gasteiger charge is -2.11. The van der Waals surface area contributed by atoms with Crippen LogP contribution in [0, 0.1) is 10.1 Å². The van der Waals surface area contributed by atoms with Gasteiger partial charge in [0.05, 0.1) is 4.92 Å². The van der Waals surface area contributed by atoms with Crippen molar-refractivity contribution < 1.29 is 9.34 Å². The summed E-state index contributed by atoms with van der Waals surface area (Å²) in [6.45, 7) is 0. The predicted octanol–water partition coefficient (Wildman–Crippen LogP) is 3.97. The maximum absolute atomic E-state index is 10.8. The number of rotatable bonds is 4. The molecule has 23 heavy (non-hydrogen) atoms. The van der Waals surface area contributed by atoms with Gasteiger partial charge in [0.15, 0.2) is 5.58 Å². The lowest BCUT2D eigenvalue weighted by Crippen LogP contribution is -2.07. The van der Waals surface area contributed by atoms with Crippen LogP contribution in [0.15, 0.2) is 46.9 Å². The molecule has 2 aromatic carbocycles. The molecule has 3 aromatic rings. The molecule has 0 atom stereocenters. The van der Waals surface area contributed by atoms with E-state index in [9.17, 15) is 10.1 Å². The van der Waals surface area contributed by atoms with E-state index in [2.05, 4.69) is 4.98 Å². The summed E-state index contributed by atoms with van der Waals surface area (Å²) < 4.78 is 5.56. The van der Waals surface area contributed by atoms with Gasteiger partial charge in [-0.3, -0.25) is 10.1 Å². The molecule has 0 spiro atoms.